The Morgan fingerprint density at radius 2 is 2.29 bits per heavy atom. The molecule has 0 saturated carbocycles. The molecule has 4 nitrogen and oxygen atoms in total. The van der Waals surface area contributed by atoms with E-state index in [1.165, 1.54) is 0 Å². The van der Waals surface area contributed by atoms with Gasteiger partial charge in [-0.15, -0.1) is 0 Å². The van der Waals surface area contributed by atoms with Crippen LogP contribution in [-0.2, 0) is 9.47 Å². The van der Waals surface area contributed by atoms with Crippen molar-refractivity contribution in [2.24, 2.45) is 0 Å². The molecule has 1 aliphatic rings. The summed E-state index contributed by atoms with van der Waals surface area (Å²) in [4.78, 5) is 0. The van der Waals surface area contributed by atoms with Gasteiger partial charge in [0.05, 0.1) is 25.4 Å². The second-order valence-corrected chi connectivity index (χ2v) is 5.88. The quantitative estimate of drug-likeness (QED) is 0.774. The van der Waals surface area contributed by atoms with Crippen LogP contribution in [0.2, 0.25) is 5.02 Å². The fourth-order valence-electron chi connectivity index (χ4n) is 2.42. The van der Waals surface area contributed by atoms with Crippen LogP contribution in [0, 0.1) is 0 Å². The van der Waals surface area contributed by atoms with Crippen LogP contribution >= 0.6 is 11.6 Å². The van der Waals surface area contributed by atoms with Crippen molar-refractivity contribution in [1.82, 2.24) is 5.32 Å². The Labute approximate surface area is 131 Å². The maximum Gasteiger partial charge on any atom is 0.0897 e. The second kappa shape index (κ2) is 8.71. The van der Waals surface area contributed by atoms with Crippen molar-refractivity contribution in [3.63, 3.8) is 0 Å². The highest BCUT2D eigenvalue weighted by Gasteiger charge is 2.16. The predicted molar refractivity (Wildman–Crippen MR) is 83.7 cm³/mol. The van der Waals surface area contributed by atoms with Crippen LogP contribution in [0.5, 0.6) is 0 Å². The Kier molecular flexibility index (Phi) is 6.93. The molecule has 1 aliphatic heterocycles. The molecule has 5 heteroatoms. The fraction of sp³-hybridized carbons (Fsp3) is 0.625. The average molecular weight is 314 g/mol. The van der Waals surface area contributed by atoms with Crippen molar-refractivity contribution in [2.75, 3.05) is 26.4 Å². The zero-order valence-electron chi connectivity index (χ0n) is 12.4. The molecule has 118 valence electrons. The lowest BCUT2D eigenvalue weighted by atomic mass is 10.1. The summed E-state index contributed by atoms with van der Waals surface area (Å²) in [5.74, 6) is 0. The normalized spacial score (nSPS) is 21.4. The lowest BCUT2D eigenvalue weighted by Crippen LogP contribution is -2.33. The first kappa shape index (κ1) is 16.7. The van der Waals surface area contributed by atoms with Crippen molar-refractivity contribution in [2.45, 2.75) is 38.0 Å². The molecule has 1 aromatic carbocycles. The van der Waals surface area contributed by atoms with Crippen LogP contribution in [-0.4, -0.2) is 43.7 Å². The van der Waals surface area contributed by atoms with E-state index in [-0.39, 0.29) is 12.1 Å². The van der Waals surface area contributed by atoms with Crippen LogP contribution in [0.25, 0.3) is 0 Å². The van der Waals surface area contributed by atoms with Gasteiger partial charge in [0.25, 0.3) is 0 Å². The second-order valence-electron chi connectivity index (χ2n) is 5.48. The summed E-state index contributed by atoms with van der Waals surface area (Å²) in [5.41, 5.74) is 1.03. The summed E-state index contributed by atoms with van der Waals surface area (Å²) >= 11 is 6.15. The van der Waals surface area contributed by atoms with Gasteiger partial charge in [-0.3, -0.25) is 0 Å². The molecule has 1 fully saturated rings. The summed E-state index contributed by atoms with van der Waals surface area (Å²) in [6, 6.07) is 7.81. The molecule has 2 unspecified atom stereocenters. The average Bonchev–Trinajstić information content (AvgIpc) is 2.98. The van der Waals surface area contributed by atoms with Crippen molar-refractivity contribution < 1.29 is 14.6 Å². The molecule has 3 atom stereocenters. The van der Waals surface area contributed by atoms with Gasteiger partial charge in [0.2, 0.25) is 0 Å². The Morgan fingerprint density at radius 3 is 3.00 bits per heavy atom. The summed E-state index contributed by atoms with van der Waals surface area (Å²) in [6.07, 6.45) is 1.83. The number of hydrogen-bond acceptors (Lipinski definition) is 4. The molecular weight excluding hydrogens is 290 g/mol. The van der Waals surface area contributed by atoms with Crippen LogP contribution in [0.1, 0.15) is 31.4 Å². The van der Waals surface area contributed by atoms with Gasteiger partial charge >= 0.3 is 0 Å². The van der Waals surface area contributed by atoms with Gasteiger partial charge in [-0.2, -0.15) is 0 Å². The van der Waals surface area contributed by atoms with E-state index in [1.54, 1.807) is 0 Å². The zero-order chi connectivity index (χ0) is 15.1. The molecule has 0 bridgehead atoms. The Morgan fingerprint density at radius 1 is 1.48 bits per heavy atom. The highest BCUT2D eigenvalue weighted by atomic mass is 35.5. The van der Waals surface area contributed by atoms with Gasteiger partial charge in [0, 0.05) is 24.2 Å². The van der Waals surface area contributed by atoms with E-state index in [1.807, 2.05) is 31.2 Å². The summed E-state index contributed by atoms with van der Waals surface area (Å²) in [7, 11) is 0. The zero-order valence-corrected chi connectivity index (χ0v) is 13.2. The molecular formula is C16H24ClNO3. The molecule has 0 spiro atoms. The number of aliphatic hydroxyl groups excluding tert-OH is 1. The molecule has 1 saturated heterocycles. The summed E-state index contributed by atoms with van der Waals surface area (Å²) in [6.45, 7) is 4.21. The third kappa shape index (κ3) is 5.57. The minimum atomic E-state index is -0.531. The van der Waals surface area contributed by atoms with Crippen LogP contribution < -0.4 is 5.32 Å². The topological polar surface area (TPSA) is 50.7 Å². The summed E-state index contributed by atoms with van der Waals surface area (Å²) in [5, 5.41) is 13.9. The first-order valence-electron chi connectivity index (χ1n) is 7.52. The summed E-state index contributed by atoms with van der Waals surface area (Å²) < 4.78 is 11.0. The third-order valence-corrected chi connectivity index (χ3v) is 4.01. The molecule has 0 radical (unpaired) electrons. The molecule has 0 aromatic heterocycles. The SMILES string of the molecule is C[C@@H](NCC(O)COCC1CCCO1)c1ccccc1Cl. The maximum atomic E-state index is 9.93. The van der Waals surface area contributed by atoms with Gasteiger partial charge in [0.15, 0.2) is 0 Å². The Balaban J connectivity index is 1.63. The Hall–Kier alpha value is -0.650. The van der Waals surface area contributed by atoms with Gasteiger partial charge in [0.1, 0.15) is 0 Å². The van der Waals surface area contributed by atoms with Crippen LogP contribution in [0.3, 0.4) is 0 Å². The van der Waals surface area contributed by atoms with E-state index in [0.717, 1.165) is 30.0 Å². The number of ether oxygens (including phenoxy) is 2. The highest BCUT2D eigenvalue weighted by molar-refractivity contribution is 6.31. The minimum absolute atomic E-state index is 0.0894. The molecule has 21 heavy (non-hydrogen) atoms. The predicted octanol–water partition coefficient (Wildman–Crippen LogP) is 2.55. The van der Waals surface area contributed by atoms with Crippen molar-refractivity contribution >= 4 is 11.6 Å². The molecule has 2 rings (SSSR count). The van der Waals surface area contributed by atoms with E-state index < -0.39 is 6.10 Å². The van der Waals surface area contributed by atoms with Gasteiger partial charge < -0.3 is 19.9 Å². The largest absolute Gasteiger partial charge is 0.389 e. The number of hydrogen-bond donors (Lipinski definition) is 2. The molecule has 1 heterocycles. The number of rotatable bonds is 8. The lowest BCUT2D eigenvalue weighted by Gasteiger charge is -2.19. The van der Waals surface area contributed by atoms with E-state index >= 15 is 0 Å². The van der Waals surface area contributed by atoms with Gasteiger partial charge in [-0.25, -0.2) is 0 Å². The molecule has 1 aromatic rings. The molecule has 0 aliphatic carbocycles. The standard InChI is InChI=1S/C16H24ClNO3/c1-12(15-6-2-3-7-16(15)17)18-9-13(19)10-20-11-14-5-4-8-21-14/h2-3,6-7,12-14,18-19H,4-5,8-11H2,1H3/t12-,13?,14?/m1/s1. The first-order chi connectivity index (χ1) is 10.2. The van der Waals surface area contributed by atoms with Crippen molar-refractivity contribution in [1.29, 1.82) is 0 Å². The van der Waals surface area contributed by atoms with E-state index in [2.05, 4.69) is 5.32 Å². The maximum absolute atomic E-state index is 9.93. The molecule has 0 amide bonds. The monoisotopic (exact) mass is 313 g/mol. The smallest absolute Gasteiger partial charge is 0.0897 e. The lowest BCUT2D eigenvalue weighted by molar-refractivity contribution is -0.0168. The van der Waals surface area contributed by atoms with Crippen LogP contribution in [0.15, 0.2) is 24.3 Å². The van der Waals surface area contributed by atoms with E-state index in [0.29, 0.717) is 19.8 Å². The van der Waals surface area contributed by atoms with Gasteiger partial charge in [-0.05, 0) is 31.4 Å². The van der Waals surface area contributed by atoms with E-state index in [9.17, 15) is 5.11 Å². The van der Waals surface area contributed by atoms with Gasteiger partial charge in [-0.1, -0.05) is 29.8 Å². The third-order valence-electron chi connectivity index (χ3n) is 3.67. The molecule has 2 N–H and O–H groups in total. The number of benzene rings is 1. The van der Waals surface area contributed by atoms with E-state index in [4.69, 9.17) is 21.1 Å². The highest BCUT2D eigenvalue weighted by Crippen LogP contribution is 2.21. The minimum Gasteiger partial charge on any atom is -0.389 e. The van der Waals surface area contributed by atoms with Crippen LogP contribution in [0.4, 0.5) is 0 Å². The Bertz CT molecular complexity index is 424. The number of halogens is 1. The first-order valence-corrected chi connectivity index (χ1v) is 7.90. The van der Waals surface area contributed by atoms with Crippen molar-refractivity contribution in [3.8, 4) is 0 Å². The number of nitrogens with one attached hydrogen (secondary N) is 1. The fourth-order valence-corrected chi connectivity index (χ4v) is 2.72. The number of aliphatic hydroxyl groups is 1. The van der Waals surface area contributed by atoms with Crippen molar-refractivity contribution in [3.05, 3.63) is 34.9 Å².